The minimum Gasteiger partial charge on any atom is -0.303 e. The predicted molar refractivity (Wildman–Crippen MR) is 42.2 cm³/mol. The number of carbonyl (C=O) groups excluding carboxylic acids is 2. The first kappa shape index (κ1) is 8.18. The lowest BCUT2D eigenvalue weighted by molar-refractivity contribution is -0.121. The lowest BCUT2D eigenvalue weighted by Crippen LogP contribution is -2.17. The summed E-state index contributed by atoms with van der Waals surface area (Å²) in [7, 11) is 0. The van der Waals surface area contributed by atoms with Gasteiger partial charge in [0.25, 0.3) is 0 Å². The van der Waals surface area contributed by atoms with Crippen LogP contribution >= 0.6 is 0 Å². The number of aldehydes is 1. The molecule has 1 aliphatic carbocycles. The van der Waals surface area contributed by atoms with E-state index in [1.54, 1.807) is 6.08 Å². The van der Waals surface area contributed by atoms with Gasteiger partial charge >= 0.3 is 0 Å². The number of hydrogen-bond donors (Lipinski definition) is 0. The fourth-order valence-corrected chi connectivity index (χ4v) is 1.33. The monoisotopic (exact) mass is 152 g/mol. The van der Waals surface area contributed by atoms with E-state index in [1.165, 1.54) is 0 Å². The molecule has 1 unspecified atom stereocenters. The Labute approximate surface area is 66.3 Å². The van der Waals surface area contributed by atoms with Crippen LogP contribution in [0.1, 0.15) is 26.2 Å². The van der Waals surface area contributed by atoms with E-state index in [0.29, 0.717) is 6.42 Å². The zero-order valence-corrected chi connectivity index (χ0v) is 6.67. The summed E-state index contributed by atoms with van der Waals surface area (Å²) in [4.78, 5) is 21.3. The Kier molecular flexibility index (Phi) is 2.58. The largest absolute Gasteiger partial charge is 0.303 e. The van der Waals surface area contributed by atoms with Crippen molar-refractivity contribution in [2.45, 2.75) is 26.2 Å². The Bertz CT molecular complexity index is 204. The van der Waals surface area contributed by atoms with Crippen molar-refractivity contribution in [1.82, 2.24) is 0 Å². The van der Waals surface area contributed by atoms with Crippen molar-refractivity contribution >= 4 is 12.1 Å². The minimum absolute atomic E-state index is 0.0313. The molecular formula is C9H12O2. The van der Waals surface area contributed by atoms with E-state index in [4.69, 9.17) is 0 Å². The Morgan fingerprint density at radius 2 is 2.45 bits per heavy atom. The molecule has 0 aliphatic heterocycles. The first-order valence-corrected chi connectivity index (χ1v) is 3.88. The number of rotatable bonds is 2. The summed E-state index contributed by atoms with van der Waals surface area (Å²) >= 11 is 0. The van der Waals surface area contributed by atoms with Crippen molar-refractivity contribution < 1.29 is 9.59 Å². The van der Waals surface area contributed by atoms with E-state index in [2.05, 4.69) is 0 Å². The molecule has 0 N–H and O–H groups in total. The highest BCUT2D eigenvalue weighted by Crippen LogP contribution is 2.21. The molecule has 0 heterocycles. The first-order valence-electron chi connectivity index (χ1n) is 3.88. The van der Waals surface area contributed by atoms with Crippen LogP contribution < -0.4 is 0 Å². The molecule has 1 aliphatic rings. The molecule has 1 atom stereocenters. The Morgan fingerprint density at radius 3 is 3.00 bits per heavy atom. The molecule has 0 aromatic carbocycles. The fraction of sp³-hybridized carbons (Fsp3) is 0.556. The highest BCUT2D eigenvalue weighted by atomic mass is 16.1. The minimum atomic E-state index is -0.0313. The molecule has 1 rings (SSSR count). The van der Waals surface area contributed by atoms with E-state index in [1.807, 2.05) is 6.92 Å². The molecule has 0 bridgehead atoms. The summed E-state index contributed by atoms with van der Waals surface area (Å²) in [6, 6.07) is 0. The molecule has 0 fully saturated rings. The van der Waals surface area contributed by atoms with Crippen molar-refractivity contribution in [2.24, 2.45) is 5.92 Å². The van der Waals surface area contributed by atoms with Gasteiger partial charge in [-0.3, -0.25) is 4.79 Å². The molecule has 0 saturated carbocycles. The average molecular weight is 152 g/mol. The lowest BCUT2D eigenvalue weighted by atomic mass is 9.87. The number of carbonyl (C=O) groups is 2. The van der Waals surface area contributed by atoms with Gasteiger partial charge in [0.1, 0.15) is 6.29 Å². The van der Waals surface area contributed by atoms with Crippen LogP contribution in [0, 0.1) is 5.92 Å². The van der Waals surface area contributed by atoms with Crippen LogP contribution in [0.3, 0.4) is 0 Å². The average Bonchev–Trinajstić information content (AvgIpc) is 1.95. The van der Waals surface area contributed by atoms with Gasteiger partial charge in [-0.2, -0.15) is 0 Å². The normalized spacial score (nSPS) is 24.6. The number of allylic oxidation sites excluding steroid dienone is 2. The molecule has 0 amide bonds. The maximum atomic E-state index is 11.2. The summed E-state index contributed by atoms with van der Waals surface area (Å²) < 4.78 is 0. The molecule has 0 radical (unpaired) electrons. The van der Waals surface area contributed by atoms with Gasteiger partial charge in [-0.15, -0.1) is 0 Å². The Hall–Kier alpha value is -0.920. The zero-order valence-electron chi connectivity index (χ0n) is 6.67. The second-order valence-electron chi connectivity index (χ2n) is 3.03. The summed E-state index contributed by atoms with van der Waals surface area (Å²) in [5, 5.41) is 0. The van der Waals surface area contributed by atoms with Crippen LogP contribution in [0.4, 0.5) is 0 Å². The van der Waals surface area contributed by atoms with Gasteiger partial charge in [0, 0.05) is 12.3 Å². The van der Waals surface area contributed by atoms with Crippen LogP contribution in [-0.2, 0) is 9.59 Å². The molecule has 0 aromatic rings. The molecule has 11 heavy (non-hydrogen) atoms. The third-order valence-electron chi connectivity index (χ3n) is 2.06. The third-order valence-corrected chi connectivity index (χ3v) is 2.06. The van der Waals surface area contributed by atoms with Crippen LogP contribution in [0.25, 0.3) is 0 Å². The summed E-state index contributed by atoms with van der Waals surface area (Å²) in [6.07, 6.45) is 4.70. The summed E-state index contributed by atoms with van der Waals surface area (Å²) in [5.41, 5.74) is 1.14. The van der Waals surface area contributed by atoms with Crippen molar-refractivity contribution in [2.75, 3.05) is 0 Å². The van der Waals surface area contributed by atoms with E-state index >= 15 is 0 Å². The molecule has 60 valence electrons. The van der Waals surface area contributed by atoms with Crippen LogP contribution in [0.5, 0.6) is 0 Å². The van der Waals surface area contributed by atoms with Gasteiger partial charge in [-0.25, -0.2) is 0 Å². The van der Waals surface area contributed by atoms with Gasteiger partial charge < -0.3 is 4.79 Å². The van der Waals surface area contributed by atoms with Crippen LogP contribution in [-0.4, -0.2) is 12.1 Å². The third kappa shape index (κ3) is 2.00. The highest BCUT2D eigenvalue weighted by Gasteiger charge is 2.19. The second-order valence-corrected chi connectivity index (χ2v) is 3.03. The molecule has 0 saturated heterocycles. The van der Waals surface area contributed by atoms with Gasteiger partial charge in [0.2, 0.25) is 0 Å². The number of ketones is 1. The van der Waals surface area contributed by atoms with E-state index < -0.39 is 0 Å². The summed E-state index contributed by atoms with van der Waals surface area (Å²) in [5.74, 6) is 0.0945. The SMILES string of the molecule is CC1=CC(=O)C(CC=O)CC1. The maximum Gasteiger partial charge on any atom is 0.159 e. The van der Waals surface area contributed by atoms with Crippen LogP contribution in [0.15, 0.2) is 11.6 Å². The fourth-order valence-electron chi connectivity index (χ4n) is 1.33. The van der Waals surface area contributed by atoms with Crippen LogP contribution in [0.2, 0.25) is 0 Å². The molecule has 0 aromatic heterocycles. The summed E-state index contributed by atoms with van der Waals surface area (Å²) in [6.45, 7) is 1.95. The van der Waals surface area contributed by atoms with E-state index in [-0.39, 0.29) is 11.7 Å². The highest BCUT2D eigenvalue weighted by molar-refractivity contribution is 5.94. The molecular weight excluding hydrogens is 140 g/mol. The topological polar surface area (TPSA) is 34.1 Å². The van der Waals surface area contributed by atoms with Gasteiger partial charge in [0.05, 0.1) is 0 Å². The quantitative estimate of drug-likeness (QED) is 0.562. The second kappa shape index (κ2) is 3.46. The van der Waals surface area contributed by atoms with Crippen molar-refractivity contribution in [3.05, 3.63) is 11.6 Å². The van der Waals surface area contributed by atoms with Gasteiger partial charge in [-0.05, 0) is 25.8 Å². The first-order chi connectivity index (χ1) is 5.24. The van der Waals surface area contributed by atoms with E-state index in [9.17, 15) is 9.59 Å². The van der Waals surface area contributed by atoms with Crippen molar-refractivity contribution in [1.29, 1.82) is 0 Å². The van der Waals surface area contributed by atoms with Crippen molar-refractivity contribution in [3.8, 4) is 0 Å². The van der Waals surface area contributed by atoms with E-state index in [0.717, 1.165) is 24.7 Å². The predicted octanol–water partition coefficient (Wildman–Crippen LogP) is 1.50. The Balaban J connectivity index is 2.60. The van der Waals surface area contributed by atoms with Gasteiger partial charge in [-0.1, -0.05) is 5.57 Å². The standard InChI is InChI=1S/C9H12O2/c1-7-2-3-8(4-5-10)9(11)6-7/h5-6,8H,2-4H2,1H3. The molecule has 2 heteroatoms. The lowest BCUT2D eigenvalue weighted by Gasteiger charge is -2.16. The number of hydrogen-bond acceptors (Lipinski definition) is 2. The molecule has 2 nitrogen and oxygen atoms in total. The van der Waals surface area contributed by atoms with Gasteiger partial charge in [0.15, 0.2) is 5.78 Å². The van der Waals surface area contributed by atoms with Crippen molar-refractivity contribution in [3.63, 3.8) is 0 Å². The smallest absolute Gasteiger partial charge is 0.159 e. The maximum absolute atomic E-state index is 11.2. The molecule has 0 spiro atoms. The zero-order chi connectivity index (χ0) is 8.27. The Morgan fingerprint density at radius 1 is 1.73 bits per heavy atom.